The van der Waals surface area contributed by atoms with E-state index < -0.39 is 17.5 Å². The van der Waals surface area contributed by atoms with E-state index in [0.717, 1.165) is 6.08 Å². The van der Waals surface area contributed by atoms with Crippen molar-refractivity contribution in [2.24, 2.45) is 0 Å². The summed E-state index contributed by atoms with van der Waals surface area (Å²) < 4.78 is 15.2. The molecule has 0 saturated heterocycles. The third-order valence-corrected chi connectivity index (χ3v) is 3.53. The number of hydrogen-bond donors (Lipinski definition) is 0. The van der Waals surface area contributed by atoms with E-state index in [2.05, 4.69) is 0 Å². The second-order valence-corrected chi connectivity index (χ2v) is 5.28. The first-order valence-corrected chi connectivity index (χ1v) is 7.55. The highest BCUT2D eigenvalue weighted by molar-refractivity contribution is 5.99. The third kappa shape index (κ3) is 4.04. The lowest BCUT2D eigenvalue weighted by Gasteiger charge is -2.03. The van der Waals surface area contributed by atoms with E-state index >= 15 is 0 Å². The molecular weight excluding hydrogens is 342 g/mol. The van der Waals surface area contributed by atoms with Gasteiger partial charge in [0.15, 0.2) is 23.9 Å². The minimum Gasteiger partial charge on any atom is -0.454 e. The molecule has 0 amide bonds. The van der Waals surface area contributed by atoms with Gasteiger partial charge in [-0.2, -0.15) is 0 Å². The van der Waals surface area contributed by atoms with Gasteiger partial charge in [-0.05, 0) is 29.8 Å². The number of carbonyl (C=O) groups excluding carboxylic acids is 2. The molecule has 0 unspecified atom stereocenters. The van der Waals surface area contributed by atoms with Crippen LogP contribution in [0.25, 0.3) is 6.08 Å². The largest absolute Gasteiger partial charge is 0.454 e. The molecule has 26 heavy (non-hydrogen) atoms. The third-order valence-electron chi connectivity index (χ3n) is 3.53. The van der Waals surface area contributed by atoms with Crippen LogP contribution in [-0.4, -0.2) is 30.1 Å². The van der Waals surface area contributed by atoms with Crippen molar-refractivity contribution >= 4 is 23.5 Å². The van der Waals surface area contributed by atoms with Crippen LogP contribution in [0.1, 0.15) is 15.9 Å². The Kier molecular flexibility index (Phi) is 4.93. The Labute approximate surface area is 147 Å². The first-order valence-electron chi connectivity index (χ1n) is 7.55. The molecule has 0 bridgehead atoms. The van der Waals surface area contributed by atoms with Gasteiger partial charge >= 0.3 is 5.97 Å². The predicted molar refractivity (Wildman–Crippen MR) is 90.0 cm³/mol. The highest BCUT2D eigenvalue weighted by Crippen LogP contribution is 2.32. The van der Waals surface area contributed by atoms with Gasteiger partial charge in [0, 0.05) is 23.8 Å². The Morgan fingerprint density at radius 3 is 2.77 bits per heavy atom. The second kappa shape index (κ2) is 7.47. The summed E-state index contributed by atoms with van der Waals surface area (Å²) in [5.41, 5.74) is 0.724. The zero-order valence-electron chi connectivity index (χ0n) is 13.4. The summed E-state index contributed by atoms with van der Waals surface area (Å²) in [6.45, 7) is -0.331. The molecule has 0 N–H and O–H groups in total. The monoisotopic (exact) mass is 355 g/mol. The lowest BCUT2D eigenvalue weighted by atomic mass is 10.1. The molecule has 1 aliphatic heterocycles. The molecule has 0 radical (unpaired) electrons. The van der Waals surface area contributed by atoms with Crippen molar-refractivity contribution in [3.8, 4) is 11.5 Å². The van der Waals surface area contributed by atoms with Gasteiger partial charge in [-0.1, -0.05) is 12.1 Å². The summed E-state index contributed by atoms with van der Waals surface area (Å²) in [5, 5.41) is 10.7. The van der Waals surface area contributed by atoms with Gasteiger partial charge in [0.1, 0.15) is 0 Å². The highest BCUT2D eigenvalue weighted by Gasteiger charge is 2.16. The van der Waals surface area contributed by atoms with Gasteiger partial charge in [0.05, 0.1) is 4.92 Å². The van der Waals surface area contributed by atoms with Crippen LogP contribution in [0.4, 0.5) is 5.69 Å². The molecule has 8 nitrogen and oxygen atoms in total. The average Bonchev–Trinajstić information content (AvgIpc) is 3.12. The molecule has 132 valence electrons. The Hall–Kier alpha value is -3.68. The lowest BCUT2D eigenvalue weighted by molar-refractivity contribution is -0.384. The lowest BCUT2D eigenvalue weighted by Crippen LogP contribution is -2.12. The molecule has 0 aliphatic carbocycles. The molecule has 1 heterocycles. The summed E-state index contributed by atoms with van der Waals surface area (Å²) in [4.78, 5) is 34.0. The van der Waals surface area contributed by atoms with Crippen LogP contribution >= 0.6 is 0 Å². The van der Waals surface area contributed by atoms with E-state index in [1.54, 1.807) is 18.2 Å². The molecular formula is C18H13NO7. The summed E-state index contributed by atoms with van der Waals surface area (Å²) in [6, 6.07) is 10.5. The van der Waals surface area contributed by atoms with Crippen molar-refractivity contribution in [1.29, 1.82) is 0 Å². The zero-order valence-corrected chi connectivity index (χ0v) is 13.4. The van der Waals surface area contributed by atoms with Gasteiger partial charge in [-0.15, -0.1) is 0 Å². The number of carbonyl (C=O) groups is 2. The number of Topliss-reactive ketones (excluding diaryl/α,β-unsaturated/α-hetero) is 1. The average molecular weight is 355 g/mol. The first kappa shape index (κ1) is 17.2. The van der Waals surface area contributed by atoms with Crippen molar-refractivity contribution in [2.45, 2.75) is 0 Å². The summed E-state index contributed by atoms with van der Waals surface area (Å²) >= 11 is 0. The number of non-ortho nitro benzene ring substituents is 1. The van der Waals surface area contributed by atoms with E-state index in [1.807, 2.05) is 0 Å². The number of esters is 1. The van der Waals surface area contributed by atoms with E-state index in [9.17, 15) is 19.7 Å². The van der Waals surface area contributed by atoms with Crippen molar-refractivity contribution in [1.82, 2.24) is 0 Å². The van der Waals surface area contributed by atoms with Crippen LogP contribution in [-0.2, 0) is 9.53 Å². The van der Waals surface area contributed by atoms with Gasteiger partial charge in [0.2, 0.25) is 6.79 Å². The van der Waals surface area contributed by atoms with E-state index in [4.69, 9.17) is 14.2 Å². The predicted octanol–water partition coefficient (Wildman–Crippen LogP) is 2.76. The summed E-state index contributed by atoms with van der Waals surface area (Å²) in [6.07, 6.45) is 2.48. The normalized spacial score (nSPS) is 12.2. The maximum Gasteiger partial charge on any atom is 0.331 e. The maximum absolute atomic E-state index is 12.1. The smallest absolute Gasteiger partial charge is 0.331 e. The number of hydrogen-bond acceptors (Lipinski definition) is 7. The highest BCUT2D eigenvalue weighted by atomic mass is 16.7. The number of nitrogens with zero attached hydrogens (tertiary/aromatic N) is 1. The van der Waals surface area contributed by atoms with Crippen LogP contribution in [0.3, 0.4) is 0 Å². The molecule has 0 atom stereocenters. The molecule has 8 heteroatoms. The van der Waals surface area contributed by atoms with Gasteiger partial charge in [0.25, 0.3) is 5.69 Å². The Morgan fingerprint density at radius 2 is 1.96 bits per heavy atom. The molecule has 0 aromatic heterocycles. The number of nitro groups is 1. The fourth-order valence-corrected chi connectivity index (χ4v) is 2.24. The summed E-state index contributed by atoms with van der Waals surface area (Å²) in [5.74, 6) is -0.0998. The standard InChI is InChI=1S/C18H13NO7/c20-15(13-5-6-16-17(9-13)26-11-25-16)10-24-18(21)7-4-12-2-1-3-14(8-12)19(22)23/h1-9H,10-11H2/b7-4+. The molecule has 0 fully saturated rings. The van der Waals surface area contributed by atoms with Gasteiger partial charge in [-0.3, -0.25) is 14.9 Å². The van der Waals surface area contributed by atoms with Crippen molar-refractivity contribution in [3.05, 3.63) is 69.8 Å². The van der Waals surface area contributed by atoms with Crippen LogP contribution in [0.5, 0.6) is 11.5 Å². The maximum atomic E-state index is 12.1. The number of ether oxygens (including phenoxy) is 3. The molecule has 2 aromatic rings. The SMILES string of the molecule is O=C(/C=C/c1cccc([N+](=O)[O-])c1)OCC(=O)c1ccc2c(c1)OCO2. The number of benzene rings is 2. The van der Waals surface area contributed by atoms with Crippen LogP contribution in [0, 0.1) is 10.1 Å². The second-order valence-electron chi connectivity index (χ2n) is 5.28. The van der Waals surface area contributed by atoms with Crippen molar-refractivity contribution < 1.29 is 28.7 Å². The molecule has 0 saturated carbocycles. The summed E-state index contributed by atoms with van der Waals surface area (Å²) in [7, 11) is 0. The molecule has 2 aromatic carbocycles. The van der Waals surface area contributed by atoms with E-state index in [0.29, 0.717) is 22.6 Å². The van der Waals surface area contributed by atoms with Crippen molar-refractivity contribution in [3.63, 3.8) is 0 Å². The van der Waals surface area contributed by atoms with Gasteiger partial charge < -0.3 is 14.2 Å². The van der Waals surface area contributed by atoms with Crippen LogP contribution in [0.15, 0.2) is 48.5 Å². The van der Waals surface area contributed by atoms with E-state index in [-0.39, 0.29) is 18.3 Å². The van der Waals surface area contributed by atoms with Crippen molar-refractivity contribution in [2.75, 3.05) is 13.4 Å². The fraction of sp³-hybridized carbons (Fsp3) is 0.111. The number of nitro benzene ring substituents is 1. The minimum absolute atomic E-state index is 0.0847. The Morgan fingerprint density at radius 1 is 1.15 bits per heavy atom. The Bertz CT molecular complexity index is 904. The first-order chi connectivity index (χ1) is 12.5. The quantitative estimate of drug-likeness (QED) is 0.258. The zero-order chi connectivity index (χ0) is 18.5. The van der Waals surface area contributed by atoms with Gasteiger partial charge in [-0.25, -0.2) is 4.79 Å². The fourth-order valence-electron chi connectivity index (χ4n) is 2.24. The molecule has 1 aliphatic rings. The Balaban J connectivity index is 1.56. The minimum atomic E-state index is -0.731. The number of ketones is 1. The van der Waals surface area contributed by atoms with Crippen LogP contribution in [0.2, 0.25) is 0 Å². The molecule has 0 spiro atoms. The van der Waals surface area contributed by atoms with Crippen LogP contribution < -0.4 is 9.47 Å². The number of fused-ring (bicyclic) bond motifs is 1. The van der Waals surface area contributed by atoms with E-state index in [1.165, 1.54) is 30.3 Å². The number of rotatable bonds is 6. The topological polar surface area (TPSA) is 105 Å². The molecule has 3 rings (SSSR count).